The number of primary amides is 1. The summed E-state index contributed by atoms with van der Waals surface area (Å²) in [5.41, 5.74) is 9.01. The van der Waals surface area contributed by atoms with Crippen LogP contribution in [0.4, 0.5) is 43.8 Å². The monoisotopic (exact) mass is 964 g/mol. The summed E-state index contributed by atoms with van der Waals surface area (Å²) in [5, 5.41) is 2.82. The molecule has 2 aliphatic rings. The Kier molecular flexibility index (Phi) is 16.8. The van der Waals surface area contributed by atoms with Gasteiger partial charge in [0, 0.05) is 32.5 Å². The van der Waals surface area contributed by atoms with Crippen molar-refractivity contribution in [2.75, 3.05) is 48.5 Å². The maximum atomic E-state index is 15.5. The van der Waals surface area contributed by atoms with Crippen LogP contribution >= 0.6 is 0 Å². The molecule has 2 saturated heterocycles. The number of rotatable bonds is 16. The van der Waals surface area contributed by atoms with Gasteiger partial charge in [-0.25, -0.2) is 33.1 Å². The Hall–Kier alpha value is -6.50. The van der Waals surface area contributed by atoms with Crippen LogP contribution in [0.1, 0.15) is 99.5 Å². The van der Waals surface area contributed by atoms with Gasteiger partial charge < -0.3 is 35.1 Å². The van der Waals surface area contributed by atoms with E-state index in [1.165, 1.54) is 44.0 Å². The molecule has 2 fully saturated rings. The number of nitrogens with two attached hydrogens (primary N) is 1. The van der Waals surface area contributed by atoms with Crippen LogP contribution in [0.25, 0.3) is 0 Å². The molecule has 3 aromatic carbocycles. The summed E-state index contributed by atoms with van der Waals surface area (Å²) >= 11 is 0. The molecule has 7 rings (SSSR count). The number of amides is 1. The highest BCUT2D eigenvalue weighted by molar-refractivity contribution is 5.83. The lowest BCUT2D eigenvalue weighted by atomic mass is 9.88. The molecule has 5 aromatic rings. The second kappa shape index (κ2) is 22.3. The predicted molar refractivity (Wildman–Crippen MR) is 248 cm³/mol. The zero-order chi connectivity index (χ0) is 50.1. The lowest BCUT2D eigenvalue weighted by Crippen LogP contribution is -2.41. The van der Waals surface area contributed by atoms with Crippen LogP contribution in [0, 0.1) is 17.0 Å². The molecule has 0 saturated carbocycles. The minimum atomic E-state index is -3.30. The molecule has 3 unspecified atom stereocenters. The third-order valence-electron chi connectivity index (χ3n) is 11.6. The molecule has 69 heavy (non-hydrogen) atoms. The van der Waals surface area contributed by atoms with Gasteiger partial charge in [-0.2, -0.15) is 13.2 Å². The van der Waals surface area contributed by atoms with E-state index in [9.17, 15) is 27.2 Å². The number of carbonyl (C=O) groups excluding carboxylic acids is 2. The predicted octanol–water partition coefficient (Wildman–Crippen LogP) is 9.46. The van der Waals surface area contributed by atoms with Gasteiger partial charge in [0.2, 0.25) is 11.7 Å². The molecule has 2 aliphatic heterocycles. The summed E-state index contributed by atoms with van der Waals surface area (Å²) in [4.78, 5) is 43.5. The van der Waals surface area contributed by atoms with Gasteiger partial charge in [0.05, 0.1) is 44.5 Å². The first kappa shape index (κ1) is 51.9. The topological polar surface area (TPSA) is 158 Å². The van der Waals surface area contributed by atoms with Crippen molar-refractivity contribution in [3.05, 3.63) is 131 Å². The summed E-state index contributed by atoms with van der Waals surface area (Å²) in [5.74, 6) is -4.82. The van der Waals surface area contributed by atoms with Gasteiger partial charge in [0.25, 0.3) is 5.92 Å². The van der Waals surface area contributed by atoms with Crippen LogP contribution in [-0.4, -0.2) is 77.4 Å². The number of alkyl halides is 4. The van der Waals surface area contributed by atoms with Crippen molar-refractivity contribution in [1.29, 1.82) is 0 Å². The molecule has 3 N–H and O–H groups in total. The van der Waals surface area contributed by atoms with E-state index in [0.717, 1.165) is 36.5 Å². The number of nitrogens with one attached hydrogen (secondary N) is 1. The lowest BCUT2D eigenvalue weighted by molar-refractivity contribution is -0.159. The maximum Gasteiger partial charge on any atom is 0.394 e. The SMILES string of the molecule is CC(C)(C)CC(Nc1ncnc(N2CCOCC2c2ccc(OC(C)(F)F)cc2)c1F)C(N)=O.COC(=O)Cc1ccc(CCc2ncnc(N3CCCC3c3ccc(C(C)(F)F)cc3)c2F)cc1. The van der Waals surface area contributed by atoms with Gasteiger partial charge in [-0.05, 0) is 71.9 Å². The molecule has 0 aliphatic carbocycles. The van der Waals surface area contributed by atoms with E-state index in [4.69, 9.17) is 10.5 Å². The van der Waals surface area contributed by atoms with Gasteiger partial charge in [-0.3, -0.25) is 9.59 Å². The van der Waals surface area contributed by atoms with Crippen molar-refractivity contribution in [3.8, 4) is 5.75 Å². The Balaban J connectivity index is 0.000000227. The van der Waals surface area contributed by atoms with Crippen molar-refractivity contribution in [2.24, 2.45) is 11.1 Å². The van der Waals surface area contributed by atoms with Crippen molar-refractivity contribution in [3.63, 3.8) is 0 Å². The van der Waals surface area contributed by atoms with Gasteiger partial charge >= 0.3 is 12.1 Å². The quantitative estimate of drug-likeness (QED) is 0.0714. The number of anilines is 3. The molecule has 1 amide bonds. The fourth-order valence-electron chi connectivity index (χ4n) is 8.22. The van der Waals surface area contributed by atoms with E-state index in [-0.39, 0.29) is 59.2 Å². The minimum absolute atomic E-state index is 0.00979. The van der Waals surface area contributed by atoms with Crippen LogP contribution < -0.4 is 25.6 Å². The van der Waals surface area contributed by atoms with Crippen LogP contribution in [0.2, 0.25) is 0 Å². The number of nitrogens with zero attached hydrogens (tertiary/aromatic N) is 6. The Labute approximate surface area is 397 Å². The molecule has 13 nitrogen and oxygen atoms in total. The molecule has 0 radical (unpaired) electrons. The number of hydrogen-bond donors (Lipinski definition) is 2. The summed E-state index contributed by atoms with van der Waals surface area (Å²) in [6, 6.07) is 18.5. The second-order valence-corrected chi connectivity index (χ2v) is 18.4. The Bertz CT molecular complexity index is 2500. The number of carbonyl (C=O) groups is 2. The van der Waals surface area contributed by atoms with Crippen molar-refractivity contribution in [2.45, 2.75) is 103 Å². The Morgan fingerprint density at radius 3 is 1.99 bits per heavy atom. The van der Waals surface area contributed by atoms with E-state index in [2.05, 4.69) is 34.7 Å². The van der Waals surface area contributed by atoms with E-state index in [0.29, 0.717) is 57.1 Å². The first-order chi connectivity index (χ1) is 32.6. The normalized spacial score (nSPS) is 16.9. The van der Waals surface area contributed by atoms with Crippen molar-refractivity contribution < 1.29 is 50.1 Å². The summed E-state index contributed by atoms with van der Waals surface area (Å²) < 4.78 is 99.2. The number of morpholine rings is 1. The number of aryl methyl sites for hydroxylation is 2. The number of aromatic nitrogens is 4. The average Bonchev–Trinajstić information content (AvgIpc) is 3.79. The summed E-state index contributed by atoms with van der Waals surface area (Å²) in [7, 11) is 1.36. The van der Waals surface area contributed by atoms with Crippen LogP contribution in [0.15, 0.2) is 85.5 Å². The van der Waals surface area contributed by atoms with E-state index in [1.807, 2.05) is 49.9 Å². The largest absolute Gasteiger partial charge is 0.469 e. The molecular formula is C50H58F6N8O5. The van der Waals surface area contributed by atoms with Gasteiger partial charge in [-0.15, -0.1) is 0 Å². The van der Waals surface area contributed by atoms with E-state index < -0.39 is 41.7 Å². The molecule has 4 heterocycles. The maximum absolute atomic E-state index is 15.5. The molecule has 19 heteroatoms. The Morgan fingerprint density at radius 1 is 0.783 bits per heavy atom. The highest BCUT2D eigenvalue weighted by Gasteiger charge is 2.33. The molecule has 370 valence electrons. The average molecular weight is 965 g/mol. The highest BCUT2D eigenvalue weighted by atomic mass is 19.3. The third-order valence-corrected chi connectivity index (χ3v) is 11.6. The summed E-state index contributed by atoms with van der Waals surface area (Å²) in [6.45, 7) is 8.93. The molecule has 0 spiro atoms. The first-order valence-corrected chi connectivity index (χ1v) is 22.6. The lowest BCUT2D eigenvalue weighted by Gasteiger charge is -2.37. The van der Waals surface area contributed by atoms with Crippen molar-refractivity contribution in [1.82, 2.24) is 19.9 Å². The zero-order valence-corrected chi connectivity index (χ0v) is 39.5. The number of methoxy groups -OCH3 is 1. The zero-order valence-electron chi connectivity index (χ0n) is 39.5. The number of halogens is 6. The second-order valence-electron chi connectivity index (χ2n) is 18.4. The van der Waals surface area contributed by atoms with E-state index >= 15 is 8.78 Å². The van der Waals surface area contributed by atoms with Crippen molar-refractivity contribution >= 4 is 29.3 Å². The number of ether oxygens (including phenoxy) is 3. The van der Waals surface area contributed by atoms with Gasteiger partial charge in [0.15, 0.2) is 23.3 Å². The Morgan fingerprint density at radius 2 is 1.38 bits per heavy atom. The fourth-order valence-corrected chi connectivity index (χ4v) is 8.22. The highest BCUT2D eigenvalue weighted by Crippen LogP contribution is 2.38. The fraction of sp³-hybridized carbons (Fsp3) is 0.440. The third kappa shape index (κ3) is 14.3. The molecule has 2 aromatic heterocycles. The summed E-state index contributed by atoms with van der Waals surface area (Å²) in [6.07, 6.45) is 2.51. The molecule has 3 atom stereocenters. The molecule has 0 bridgehead atoms. The first-order valence-electron chi connectivity index (χ1n) is 22.6. The standard InChI is InChI=1S/C27H28F3N3O2.C23H30F3N5O3/c1-27(29,30)21-12-10-20(11-13-21)23-4-3-15-33(23)26-25(28)22(31-17-32-26)14-9-18-5-7-19(8-6-18)16-24(34)35-2;1-22(2,3)11-16(19(27)32)30-20-18(24)21(29-13-28-20)31-9-10-33-12-17(31)14-5-7-15(8-6-14)34-23(4,25)26/h5-8,10-13,17,23H,3-4,9,14-16H2,1-2H3;5-8,13,16-17H,9-12H2,1-4H3,(H2,27,32)(H,28,29,30). The smallest absolute Gasteiger partial charge is 0.394 e. The van der Waals surface area contributed by atoms with E-state index in [1.54, 1.807) is 29.2 Å². The minimum Gasteiger partial charge on any atom is -0.469 e. The van der Waals surface area contributed by atoms with Crippen LogP contribution in [0.3, 0.4) is 0 Å². The van der Waals surface area contributed by atoms with Crippen LogP contribution in [0.5, 0.6) is 5.75 Å². The number of benzene rings is 3. The van der Waals surface area contributed by atoms with Gasteiger partial charge in [0.1, 0.15) is 24.4 Å². The van der Waals surface area contributed by atoms with Gasteiger partial charge in [-0.1, -0.05) is 81.4 Å². The molecular weight excluding hydrogens is 907 g/mol. The number of hydrogen-bond acceptors (Lipinski definition) is 12. The number of esters is 1. The van der Waals surface area contributed by atoms with Crippen LogP contribution in [-0.2, 0) is 44.2 Å².